The highest BCUT2D eigenvalue weighted by molar-refractivity contribution is 6.33. The van der Waals surface area contributed by atoms with E-state index in [2.05, 4.69) is 10.6 Å². The topological polar surface area (TPSA) is 105 Å². The monoisotopic (exact) mass is 472 g/mol. The summed E-state index contributed by atoms with van der Waals surface area (Å²) in [4.78, 5) is 35.5. The average molecular weight is 473 g/mol. The molecular weight excluding hydrogens is 444 g/mol. The first-order chi connectivity index (χ1) is 15.8. The number of carboxylic acid groups (broad SMARTS) is 1. The molecule has 1 fully saturated rings. The van der Waals surface area contributed by atoms with Gasteiger partial charge in [0, 0.05) is 18.5 Å². The molecule has 33 heavy (non-hydrogen) atoms. The molecule has 7 nitrogen and oxygen atoms in total. The highest BCUT2D eigenvalue weighted by Crippen LogP contribution is 2.28. The lowest BCUT2D eigenvalue weighted by Gasteiger charge is -2.26. The Morgan fingerprint density at radius 3 is 2.39 bits per heavy atom. The van der Waals surface area contributed by atoms with Crippen LogP contribution in [-0.2, 0) is 4.79 Å². The maximum atomic E-state index is 12.4. The van der Waals surface area contributed by atoms with E-state index in [1.165, 1.54) is 0 Å². The van der Waals surface area contributed by atoms with Crippen LogP contribution in [0.2, 0.25) is 5.02 Å². The van der Waals surface area contributed by atoms with Crippen LogP contribution in [0.25, 0.3) is 0 Å². The van der Waals surface area contributed by atoms with Crippen molar-refractivity contribution in [2.75, 3.05) is 11.9 Å². The first-order valence-electron chi connectivity index (χ1n) is 11.2. The fourth-order valence-electron chi connectivity index (χ4n) is 3.82. The van der Waals surface area contributed by atoms with Crippen molar-refractivity contribution in [2.45, 2.75) is 51.6 Å². The molecule has 0 spiro atoms. The van der Waals surface area contributed by atoms with Crippen LogP contribution in [0.5, 0.6) is 5.75 Å². The number of urea groups is 1. The second kappa shape index (κ2) is 11.7. The molecule has 176 valence electrons. The molecule has 2 aromatic rings. The summed E-state index contributed by atoms with van der Waals surface area (Å²) in [6.45, 7) is 2.28. The first-order valence-corrected chi connectivity index (χ1v) is 11.5. The summed E-state index contributed by atoms with van der Waals surface area (Å²) in [5.74, 6) is -0.334. The van der Waals surface area contributed by atoms with Crippen molar-refractivity contribution in [3.8, 4) is 5.75 Å². The SMILES string of the molecule is Cc1ccc(NC(=O)NCCCC(=O)c2ccc(OC3CCC(C(=O)O)CC3)cc2)c(Cl)c1. The molecule has 2 amide bonds. The Bertz CT molecular complexity index is 985. The largest absolute Gasteiger partial charge is 0.490 e. The van der Waals surface area contributed by atoms with Gasteiger partial charge in [-0.25, -0.2) is 4.79 Å². The zero-order valence-corrected chi connectivity index (χ0v) is 19.4. The Hall–Kier alpha value is -3.06. The molecule has 2 aromatic carbocycles. The van der Waals surface area contributed by atoms with E-state index in [0.29, 0.717) is 67.1 Å². The van der Waals surface area contributed by atoms with E-state index in [-0.39, 0.29) is 23.8 Å². The maximum Gasteiger partial charge on any atom is 0.319 e. The van der Waals surface area contributed by atoms with Crippen molar-refractivity contribution in [3.05, 3.63) is 58.6 Å². The standard InChI is InChI=1S/C25H29ClN2O5/c1-16-4-13-22(21(26)15-16)28-25(32)27-14-2-3-23(29)17-5-9-19(10-6-17)33-20-11-7-18(8-12-20)24(30)31/h4-6,9-10,13,15,18,20H,2-3,7-8,11-12,14H2,1H3,(H,30,31)(H2,27,28,32). The second-order valence-electron chi connectivity index (χ2n) is 8.35. The predicted octanol–water partition coefficient (Wildman–Crippen LogP) is 5.46. The summed E-state index contributed by atoms with van der Waals surface area (Å²) >= 11 is 6.11. The summed E-state index contributed by atoms with van der Waals surface area (Å²) < 4.78 is 5.94. The molecule has 0 heterocycles. The van der Waals surface area contributed by atoms with E-state index >= 15 is 0 Å². The highest BCUT2D eigenvalue weighted by atomic mass is 35.5. The fourth-order valence-corrected chi connectivity index (χ4v) is 4.11. The van der Waals surface area contributed by atoms with Crippen LogP contribution in [0.1, 0.15) is 54.4 Å². The van der Waals surface area contributed by atoms with Gasteiger partial charge in [-0.1, -0.05) is 17.7 Å². The zero-order chi connectivity index (χ0) is 23.8. The van der Waals surface area contributed by atoms with Crippen LogP contribution in [0.4, 0.5) is 10.5 Å². The summed E-state index contributed by atoms with van der Waals surface area (Å²) in [7, 11) is 0. The molecule has 0 saturated heterocycles. The Morgan fingerprint density at radius 1 is 1.06 bits per heavy atom. The number of rotatable bonds is 9. The third-order valence-corrected chi connectivity index (χ3v) is 6.05. The van der Waals surface area contributed by atoms with Gasteiger partial charge in [-0.15, -0.1) is 0 Å². The number of ketones is 1. The molecule has 1 aliphatic rings. The smallest absolute Gasteiger partial charge is 0.319 e. The quantitative estimate of drug-likeness (QED) is 0.332. The van der Waals surface area contributed by atoms with Gasteiger partial charge in [0.2, 0.25) is 0 Å². The highest BCUT2D eigenvalue weighted by Gasteiger charge is 2.26. The molecule has 3 rings (SSSR count). The van der Waals surface area contributed by atoms with Gasteiger partial charge in [0.15, 0.2) is 5.78 Å². The lowest BCUT2D eigenvalue weighted by atomic mass is 9.87. The normalized spacial score (nSPS) is 17.8. The van der Waals surface area contributed by atoms with Gasteiger partial charge in [-0.3, -0.25) is 9.59 Å². The van der Waals surface area contributed by atoms with Gasteiger partial charge in [-0.2, -0.15) is 0 Å². The maximum absolute atomic E-state index is 12.4. The second-order valence-corrected chi connectivity index (χ2v) is 8.75. The van der Waals surface area contributed by atoms with Crippen molar-refractivity contribution >= 4 is 35.1 Å². The number of ether oxygens (including phenoxy) is 1. The van der Waals surface area contributed by atoms with Crippen LogP contribution in [0.3, 0.4) is 0 Å². The number of aryl methyl sites for hydroxylation is 1. The minimum Gasteiger partial charge on any atom is -0.490 e. The summed E-state index contributed by atoms with van der Waals surface area (Å²) in [5.41, 5.74) is 2.13. The molecule has 0 radical (unpaired) electrons. The van der Waals surface area contributed by atoms with Crippen molar-refractivity contribution < 1.29 is 24.2 Å². The molecule has 0 bridgehead atoms. The van der Waals surface area contributed by atoms with Crippen LogP contribution >= 0.6 is 11.6 Å². The van der Waals surface area contributed by atoms with E-state index in [4.69, 9.17) is 21.4 Å². The average Bonchev–Trinajstić information content (AvgIpc) is 2.79. The van der Waals surface area contributed by atoms with E-state index in [9.17, 15) is 14.4 Å². The van der Waals surface area contributed by atoms with Crippen LogP contribution in [0, 0.1) is 12.8 Å². The molecular formula is C25H29ClN2O5. The molecule has 0 aliphatic heterocycles. The van der Waals surface area contributed by atoms with Gasteiger partial charge in [0.25, 0.3) is 0 Å². The number of carbonyl (C=O) groups excluding carboxylic acids is 2. The third kappa shape index (κ3) is 7.49. The lowest BCUT2D eigenvalue weighted by molar-refractivity contribution is -0.143. The van der Waals surface area contributed by atoms with Crippen LogP contribution in [-0.4, -0.2) is 35.5 Å². The van der Waals surface area contributed by atoms with E-state index in [1.807, 2.05) is 13.0 Å². The lowest BCUT2D eigenvalue weighted by Crippen LogP contribution is -2.29. The third-order valence-electron chi connectivity index (χ3n) is 5.74. The Labute approximate surface area is 198 Å². The number of anilines is 1. The van der Waals surface area contributed by atoms with Gasteiger partial charge in [0.05, 0.1) is 22.7 Å². The van der Waals surface area contributed by atoms with Crippen molar-refractivity contribution in [2.24, 2.45) is 5.92 Å². The molecule has 1 saturated carbocycles. The number of hydrogen-bond acceptors (Lipinski definition) is 4. The number of halogens is 1. The number of aliphatic carboxylic acids is 1. The number of benzene rings is 2. The number of Topliss-reactive ketones (excluding diaryl/α,β-unsaturated/α-hetero) is 1. The van der Waals surface area contributed by atoms with Gasteiger partial charge in [-0.05, 0) is 81.0 Å². The molecule has 8 heteroatoms. The molecule has 0 aromatic heterocycles. The Balaban J connectivity index is 1.36. The molecule has 1 aliphatic carbocycles. The minimum absolute atomic E-state index is 0.00713. The van der Waals surface area contributed by atoms with E-state index in [0.717, 1.165) is 5.56 Å². The summed E-state index contributed by atoms with van der Waals surface area (Å²) in [6.07, 6.45) is 3.52. The van der Waals surface area contributed by atoms with Gasteiger partial charge >= 0.3 is 12.0 Å². The van der Waals surface area contributed by atoms with Gasteiger partial charge < -0.3 is 20.5 Å². The summed E-state index contributed by atoms with van der Waals surface area (Å²) in [5, 5.41) is 15.0. The summed E-state index contributed by atoms with van der Waals surface area (Å²) in [6, 6.07) is 12.0. The predicted molar refractivity (Wildman–Crippen MR) is 127 cm³/mol. The number of nitrogens with one attached hydrogen (secondary N) is 2. The molecule has 0 unspecified atom stereocenters. The van der Waals surface area contributed by atoms with E-state index in [1.54, 1.807) is 36.4 Å². The first kappa shape index (κ1) is 24.6. The number of amides is 2. The minimum atomic E-state index is -0.734. The Morgan fingerprint density at radius 2 is 1.76 bits per heavy atom. The van der Waals surface area contributed by atoms with Crippen LogP contribution in [0.15, 0.2) is 42.5 Å². The number of hydrogen-bond donors (Lipinski definition) is 3. The van der Waals surface area contributed by atoms with Gasteiger partial charge in [0.1, 0.15) is 5.75 Å². The van der Waals surface area contributed by atoms with Crippen molar-refractivity contribution in [1.29, 1.82) is 0 Å². The van der Waals surface area contributed by atoms with Crippen molar-refractivity contribution in [3.63, 3.8) is 0 Å². The Kier molecular flexibility index (Phi) is 8.72. The number of carboxylic acids is 1. The molecule has 3 N–H and O–H groups in total. The number of carbonyl (C=O) groups is 3. The fraction of sp³-hybridized carbons (Fsp3) is 0.400. The van der Waals surface area contributed by atoms with Crippen LogP contribution < -0.4 is 15.4 Å². The zero-order valence-electron chi connectivity index (χ0n) is 18.6. The van der Waals surface area contributed by atoms with E-state index < -0.39 is 5.97 Å². The molecule has 0 atom stereocenters. The van der Waals surface area contributed by atoms with Crippen molar-refractivity contribution in [1.82, 2.24) is 5.32 Å².